The van der Waals surface area contributed by atoms with Crippen LogP contribution in [0.3, 0.4) is 0 Å². The number of benzene rings is 3. The number of anilines is 3. The highest BCUT2D eigenvalue weighted by Crippen LogP contribution is 2.47. The summed E-state index contributed by atoms with van der Waals surface area (Å²) in [6, 6.07) is 18.8. The summed E-state index contributed by atoms with van der Waals surface area (Å²) in [5, 5.41) is 24.5. The molecule has 3 aromatic rings. The van der Waals surface area contributed by atoms with Crippen LogP contribution < -0.4 is 20.7 Å². The molecule has 3 amide bonds. The Labute approximate surface area is 256 Å². The zero-order valence-electron chi connectivity index (χ0n) is 24.9. The van der Waals surface area contributed by atoms with Crippen molar-refractivity contribution >= 4 is 34.8 Å². The maximum Gasteiger partial charge on any atom is 0.264 e. The summed E-state index contributed by atoms with van der Waals surface area (Å²) in [7, 11) is 1.52. The second kappa shape index (κ2) is 12.9. The van der Waals surface area contributed by atoms with Gasteiger partial charge in [-0.05, 0) is 73.0 Å². The van der Waals surface area contributed by atoms with Crippen LogP contribution >= 0.6 is 0 Å². The Kier molecular flexibility index (Phi) is 9.03. The number of ether oxygens (including phenoxy) is 1. The molecule has 10 nitrogen and oxygen atoms in total. The van der Waals surface area contributed by atoms with Crippen molar-refractivity contribution in [1.29, 1.82) is 0 Å². The third-order valence-electron chi connectivity index (χ3n) is 8.46. The highest BCUT2D eigenvalue weighted by Gasteiger charge is 2.52. The van der Waals surface area contributed by atoms with Gasteiger partial charge in [0.1, 0.15) is 5.75 Å². The van der Waals surface area contributed by atoms with Crippen LogP contribution in [-0.2, 0) is 21.7 Å². The average molecular weight is 599 g/mol. The van der Waals surface area contributed by atoms with Gasteiger partial charge in [0.25, 0.3) is 11.8 Å². The summed E-state index contributed by atoms with van der Waals surface area (Å²) in [4.78, 5) is 42.7. The van der Waals surface area contributed by atoms with Crippen LogP contribution in [0.25, 0.3) is 0 Å². The average Bonchev–Trinajstić information content (AvgIpc) is 3.59. The third-order valence-corrected chi connectivity index (χ3v) is 8.46. The van der Waals surface area contributed by atoms with Gasteiger partial charge in [0, 0.05) is 41.4 Å². The first kappa shape index (κ1) is 30.8. The first-order valence-corrected chi connectivity index (χ1v) is 14.7. The van der Waals surface area contributed by atoms with Gasteiger partial charge in [-0.15, -0.1) is 0 Å². The lowest BCUT2D eigenvalue weighted by Crippen LogP contribution is -2.44. The van der Waals surface area contributed by atoms with Crippen molar-refractivity contribution in [2.75, 3.05) is 36.2 Å². The molecule has 0 radical (unpaired) electrons. The molecular weight excluding hydrogens is 560 g/mol. The number of methoxy groups -OCH3 is 1. The van der Waals surface area contributed by atoms with Gasteiger partial charge in [0.2, 0.25) is 5.91 Å². The van der Waals surface area contributed by atoms with E-state index in [0.717, 1.165) is 18.4 Å². The van der Waals surface area contributed by atoms with Gasteiger partial charge in [-0.3, -0.25) is 14.4 Å². The van der Waals surface area contributed by atoms with E-state index in [1.807, 2.05) is 6.07 Å². The largest absolute Gasteiger partial charge is 0.497 e. The Balaban J connectivity index is 1.35. The standard InChI is InChI=1S/C34H38N4O6/c1-22(6-3-10-31(40)37-17-5-9-27(37)21-39)34(43)29-19-28(44-2)15-16-30(29)38(33(34)42)20-23-7-4-8-26(18-23)36-32(41)24-11-13-25(35)14-12-24/h3-4,6-8,11-16,18-19,22,27,39,43H,5,9-10,17,20-21,35H2,1-2H3,(H,36,41)/b6-3+/t22-,27+,34+/m1/s1. The smallest absolute Gasteiger partial charge is 0.264 e. The number of carbonyl (C=O) groups is 3. The van der Waals surface area contributed by atoms with E-state index in [1.165, 1.54) is 12.0 Å². The number of fused-ring (bicyclic) bond motifs is 1. The van der Waals surface area contributed by atoms with Crippen LogP contribution in [0.5, 0.6) is 5.75 Å². The fourth-order valence-electron chi connectivity index (χ4n) is 5.96. The molecule has 0 aliphatic carbocycles. The fraction of sp³-hybridized carbons (Fsp3) is 0.324. The van der Waals surface area contributed by atoms with Crippen LogP contribution in [0.1, 0.15) is 47.7 Å². The lowest BCUT2D eigenvalue weighted by molar-refractivity contribution is -0.139. The van der Waals surface area contributed by atoms with Gasteiger partial charge in [-0.2, -0.15) is 0 Å². The van der Waals surface area contributed by atoms with E-state index in [2.05, 4.69) is 5.32 Å². The molecule has 2 heterocycles. The van der Waals surface area contributed by atoms with Gasteiger partial charge in [-0.25, -0.2) is 0 Å². The summed E-state index contributed by atoms with van der Waals surface area (Å²) in [5.74, 6) is -1.06. The molecule has 0 bridgehead atoms. The number of nitrogens with two attached hydrogens (primary N) is 1. The normalized spacial score (nSPS) is 20.2. The maximum absolute atomic E-state index is 14.0. The first-order chi connectivity index (χ1) is 21.1. The molecule has 0 aromatic heterocycles. The van der Waals surface area contributed by atoms with Crippen LogP contribution in [0.4, 0.5) is 17.1 Å². The van der Waals surface area contributed by atoms with Crippen molar-refractivity contribution < 1.29 is 29.3 Å². The Hall–Kier alpha value is -4.67. The zero-order chi connectivity index (χ0) is 31.4. The Morgan fingerprint density at radius 3 is 2.66 bits per heavy atom. The molecule has 44 heavy (non-hydrogen) atoms. The fourth-order valence-corrected chi connectivity index (χ4v) is 5.96. The summed E-state index contributed by atoms with van der Waals surface area (Å²) in [6.07, 6.45) is 5.12. The SMILES string of the molecule is COc1ccc2c(c1)[C@@](O)([C@H](C)/C=C/CC(=O)N1CCC[C@H]1CO)C(=O)N2Cc1cccc(NC(=O)c2ccc(N)cc2)c1. The number of rotatable bonds is 10. The second-order valence-electron chi connectivity index (χ2n) is 11.3. The number of nitrogens with one attached hydrogen (secondary N) is 1. The van der Waals surface area contributed by atoms with Crippen molar-refractivity contribution in [2.45, 2.75) is 44.4 Å². The number of nitrogen functional groups attached to an aromatic ring is 1. The summed E-state index contributed by atoms with van der Waals surface area (Å²) < 4.78 is 5.41. The van der Waals surface area contributed by atoms with E-state index >= 15 is 0 Å². The molecule has 0 unspecified atom stereocenters. The molecule has 0 saturated carbocycles. The maximum atomic E-state index is 14.0. The van der Waals surface area contributed by atoms with E-state index in [-0.39, 0.29) is 37.4 Å². The van der Waals surface area contributed by atoms with E-state index in [1.54, 1.807) is 84.6 Å². The van der Waals surface area contributed by atoms with Gasteiger partial charge >= 0.3 is 0 Å². The molecule has 230 valence electrons. The Morgan fingerprint density at radius 1 is 1.16 bits per heavy atom. The molecule has 1 fully saturated rings. The van der Waals surface area contributed by atoms with Crippen LogP contribution in [0.2, 0.25) is 0 Å². The van der Waals surface area contributed by atoms with Crippen molar-refractivity contribution in [3.8, 4) is 5.75 Å². The molecule has 1 saturated heterocycles. The Morgan fingerprint density at radius 2 is 1.93 bits per heavy atom. The van der Waals surface area contributed by atoms with Crippen molar-refractivity contribution in [1.82, 2.24) is 4.90 Å². The predicted octanol–water partition coefficient (Wildman–Crippen LogP) is 3.83. The summed E-state index contributed by atoms with van der Waals surface area (Å²) in [5.41, 5.74) is 7.13. The molecule has 2 aliphatic rings. The number of hydrogen-bond acceptors (Lipinski definition) is 7. The number of amides is 3. The van der Waals surface area contributed by atoms with Crippen LogP contribution in [-0.4, -0.2) is 59.1 Å². The molecule has 2 aliphatic heterocycles. The summed E-state index contributed by atoms with van der Waals surface area (Å²) >= 11 is 0. The lowest BCUT2D eigenvalue weighted by atomic mass is 9.83. The number of hydrogen-bond donors (Lipinski definition) is 4. The van der Waals surface area contributed by atoms with Gasteiger partial charge < -0.3 is 35.8 Å². The van der Waals surface area contributed by atoms with Crippen molar-refractivity contribution in [3.05, 3.63) is 95.6 Å². The lowest BCUT2D eigenvalue weighted by Gasteiger charge is -2.28. The Bertz CT molecular complexity index is 1570. The van der Waals surface area contributed by atoms with Gasteiger partial charge in [-0.1, -0.05) is 31.2 Å². The minimum atomic E-state index is -1.90. The van der Waals surface area contributed by atoms with Gasteiger partial charge in [0.05, 0.1) is 32.0 Å². The topological polar surface area (TPSA) is 145 Å². The second-order valence-corrected chi connectivity index (χ2v) is 11.3. The number of nitrogens with zero attached hydrogens (tertiary/aromatic N) is 2. The first-order valence-electron chi connectivity index (χ1n) is 14.7. The van der Waals surface area contributed by atoms with Crippen LogP contribution in [0.15, 0.2) is 78.9 Å². The third kappa shape index (κ3) is 6.04. The molecule has 0 spiro atoms. The minimum Gasteiger partial charge on any atom is -0.497 e. The monoisotopic (exact) mass is 598 g/mol. The molecule has 10 heteroatoms. The minimum absolute atomic E-state index is 0.0631. The predicted molar refractivity (Wildman–Crippen MR) is 168 cm³/mol. The van der Waals surface area contributed by atoms with E-state index in [9.17, 15) is 24.6 Å². The highest BCUT2D eigenvalue weighted by atomic mass is 16.5. The molecule has 5 rings (SSSR count). The molecule has 5 N–H and O–H groups in total. The van der Waals surface area contributed by atoms with E-state index in [4.69, 9.17) is 10.5 Å². The van der Waals surface area contributed by atoms with Crippen molar-refractivity contribution in [2.24, 2.45) is 5.92 Å². The number of aliphatic hydroxyl groups is 2. The van der Waals surface area contributed by atoms with E-state index in [0.29, 0.717) is 40.5 Å². The molecule has 3 atom stereocenters. The van der Waals surface area contributed by atoms with E-state index < -0.39 is 17.4 Å². The van der Waals surface area contributed by atoms with Gasteiger partial charge in [0.15, 0.2) is 5.60 Å². The zero-order valence-corrected chi connectivity index (χ0v) is 24.9. The van der Waals surface area contributed by atoms with Crippen molar-refractivity contribution in [3.63, 3.8) is 0 Å². The number of likely N-dealkylation sites (tertiary alicyclic amines) is 1. The molecular formula is C34H38N4O6. The quantitative estimate of drug-likeness (QED) is 0.205. The van der Waals surface area contributed by atoms with Crippen LogP contribution in [0, 0.1) is 5.92 Å². The molecule has 3 aromatic carbocycles. The number of carbonyl (C=O) groups excluding carboxylic acids is 3. The highest BCUT2D eigenvalue weighted by molar-refractivity contribution is 6.07. The number of aliphatic hydroxyl groups excluding tert-OH is 1. The summed E-state index contributed by atoms with van der Waals surface area (Å²) in [6.45, 7) is 2.44.